The van der Waals surface area contributed by atoms with Gasteiger partial charge in [0.2, 0.25) is 0 Å². The fourth-order valence-electron chi connectivity index (χ4n) is 7.11. The molecule has 11 heteroatoms. The molecule has 5 aromatic rings. The molecular formula is C38H45ClFN5O4. The predicted molar refractivity (Wildman–Crippen MR) is 192 cm³/mol. The van der Waals surface area contributed by atoms with Crippen LogP contribution in [-0.2, 0) is 29.4 Å². The topological polar surface area (TPSA) is 93.6 Å². The van der Waals surface area contributed by atoms with E-state index in [9.17, 15) is 9.18 Å². The molecule has 2 N–H and O–H groups in total. The Kier molecular flexibility index (Phi) is 11.2. The van der Waals surface area contributed by atoms with Crippen LogP contribution in [0.3, 0.4) is 0 Å². The number of fused-ring (bicyclic) bond motifs is 2. The molecule has 0 radical (unpaired) electrons. The fraction of sp³-hybridized carbons (Fsp3) is 0.421. The number of halogens is 2. The summed E-state index contributed by atoms with van der Waals surface area (Å²) in [4.78, 5) is 19.4. The van der Waals surface area contributed by atoms with Gasteiger partial charge in [0.15, 0.2) is 0 Å². The Balaban J connectivity index is 1.40. The molecule has 2 aromatic heterocycles. The van der Waals surface area contributed by atoms with Crippen LogP contribution in [0.5, 0.6) is 5.75 Å². The lowest BCUT2D eigenvalue weighted by atomic mass is 9.93. The summed E-state index contributed by atoms with van der Waals surface area (Å²) < 4.78 is 33.2. The van der Waals surface area contributed by atoms with Crippen LogP contribution in [0.15, 0.2) is 48.5 Å². The van der Waals surface area contributed by atoms with Crippen LogP contribution in [0, 0.1) is 5.82 Å². The van der Waals surface area contributed by atoms with Gasteiger partial charge in [-0.25, -0.2) is 9.18 Å². The number of hydrogen-bond acceptors (Lipinski definition) is 7. The zero-order chi connectivity index (χ0) is 34.5. The smallest absolute Gasteiger partial charge is 0.355 e. The minimum absolute atomic E-state index is 0.0471. The van der Waals surface area contributed by atoms with Gasteiger partial charge in [-0.05, 0) is 87.5 Å². The van der Waals surface area contributed by atoms with E-state index < -0.39 is 5.97 Å². The number of benzene rings is 3. The molecule has 3 heterocycles. The van der Waals surface area contributed by atoms with E-state index in [1.54, 1.807) is 13.0 Å². The Morgan fingerprint density at radius 3 is 2.67 bits per heavy atom. The van der Waals surface area contributed by atoms with Crippen molar-refractivity contribution in [3.05, 3.63) is 82.0 Å². The maximum Gasteiger partial charge on any atom is 0.355 e. The standard InChI is InChI=1S/C38H45ClFN5O4/c1-5-30-34(37(43-44(30)4)31(16-17-41-3)45-18-21-47-22-19-45)33-29(39)15-14-28-27(36(42-35(28)33)38(46)48-6-2)10-8-20-49-32-11-7-9-24-23-25(40)12-13-26(24)32/h7,9,11-15,23,31,41-42H,5-6,8,10,16-22H2,1-4H3/t31-/m1/s1. The summed E-state index contributed by atoms with van der Waals surface area (Å²) in [6.07, 6.45) is 2.82. The number of carbonyl (C=O) groups excluding carboxylic acids is 1. The van der Waals surface area contributed by atoms with Gasteiger partial charge < -0.3 is 24.5 Å². The summed E-state index contributed by atoms with van der Waals surface area (Å²) in [5.41, 5.74) is 5.97. The molecule has 9 nitrogen and oxygen atoms in total. The summed E-state index contributed by atoms with van der Waals surface area (Å²) in [6.45, 7) is 8.43. The highest BCUT2D eigenvalue weighted by atomic mass is 35.5. The fourth-order valence-corrected chi connectivity index (χ4v) is 7.36. The molecule has 0 aliphatic carbocycles. The third-order valence-corrected chi connectivity index (χ3v) is 9.70. The quantitative estimate of drug-likeness (QED) is 0.0938. The number of ether oxygens (including phenoxy) is 3. The average Bonchev–Trinajstić information content (AvgIpc) is 3.64. The van der Waals surface area contributed by atoms with Crippen LogP contribution in [0.25, 0.3) is 32.8 Å². The summed E-state index contributed by atoms with van der Waals surface area (Å²) >= 11 is 7.13. The second kappa shape index (κ2) is 15.7. The molecule has 0 saturated carbocycles. The monoisotopic (exact) mass is 689 g/mol. The van der Waals surface area contributed by atoms with Crippen molar-refractivity contribution in [2.75, 3.05) is 53.1 Å². The number of hydrogen-bond donors (Lipinski definition) is 2. The van der Waals surface area contributed by atoms with Crippen LogP contribution in [0.2, 0.25) is 5.02 Å². The van der Waals surface area contributed by atoms with Crippen LogP contribution < -0.4 is 10.1 Å². The Labute approximate surface area is 291 Å². The maximum absolute atomic E-state index is 13.8. The van der Waals surface area contributed by atoms with Crippen LogP contribution in [0.4, 0.5) is 4.39 Å². The molecule has 3 aromatic carbocycles. The van der Waals surface area contributed by atoms with Crippen molar-refractivity contribution in [2.24, 2.45) is 7.05 Å². The average molecular weight is 690 g/mol. The van der Waals surface area contributed by atoms with Crippen LogP contribution in [0.1, 0.15) is 60.2 Å². The third-order valence-electron chi connectivity index (χ3n) is 9.39. The minimum atomic E-state index is -0.407. The first-order valence-electron chi connectivity index (χ1n) is 17.2. The first kappa shape index (κ1) is 34.9. The highest BCUT2D eigenvalue weighted by Crippen LogP contribution is 2.44. The van der Waals surface area contributed by atoms with Gasteiger partial charge in [0.25, 0.3) is 0 Å². The lowest BCUT2D eigenvalue weighted by molar-refractivity contribution is 0.0135. The molecule has 0 amide bonds. The molecule has 260 valence electrons. The Morgan fingerprint density at radius 1 is 1.12 bits per heavy atom. The molecule has 1 saturated heterocycles. The largest absolute Gasteiger partial charge is 0.493 e. The SMILES string of the molecule is CCOC(=O)c1[nH]c2c(-c3c([C@@H](CCNC)N4CCOCC4)nn(C)c3CC)c(Cl)ccc2c1CCCOc1cccc2cc(F)ccc12. The number of aromatic amines is 1. The van der Waals surface area contributed by atoms with Gasteiger partial charge in [-0.1, -0.05) is 36.7 Å². The van der Waals surface area contributed by atoms with Gasteiger partial charge in [0.05, 0.1) is 48.7 Å². The summed E-state index contributed by atoms with van der Waals surface area (Å²) in [5.74, 6) is 0.00418. The van der Waals surface area contributed by atoms with Gasteiger partial charge in [0.1, 0.15) is 17.3 Å². The van der Waals surface area contributed by atoms with Crippen molar-refractivity contribution in [2.45, 2.75) is 45.6 Å². The zero-order valence-corrected chi connectivity index (χ0v) is 29.5. The van der Waals surface area contributed by atoms with E-state index in [-0.39, 0.29) is 18.5 Å². The summed E-state index contributed by atoms with van der Waals surface area (Å²) in [5, 5.41) is 11.6. The molecule has 1 aliphatic rings. The number of nitrogens with one attached hydrogen (secondary N) is 2. The first-order chi connectivity index (χ1) is 23.9. The lowest BCUT2D eigenvalue weighted by Gasteiger charge is -2.34. The van der Waals surface area contributed by atoms with E-state index in [1.165, 1.54) is 12.1 Å². The number of aromatic nitrogens is 3. The number of aryl methyl sites for hydroxylation is 2. The van der Waals surface area contributed by atoms with Gasteiger partial charge in [0, 0.05) is 47.7 Å². The first-order valence-corrected chi connectivity index (χ1v) is 17.6. The van der Waals surface area contributed by atoms with E-state index in [0.29, 0.717) is 49.1 Å². The van der Waals surface area contributed by atoms with Gasteiger partial charge in [-0.3, -0.25) is 9.58 Å². The molecule has 49 heavy (non-hydrogen) atoms. The second-order valence-corrected chi connectivity index (χ2v) is 12.8. The Hall–Kier alpha value is -3.96. The second-order valence-electron chi connectivity index (χ2n) is 12.4. The van der Waals surface area contributed by atoms with Crippen molar-refractivity contribution in [1.82, 2.24) is 25.0 Å². The van der Waals surface area contributed by atoms with Crippen molar-refractivity contribution in [3.8, 4) is 16.9 Å². The number of rotatable bonds is 14. The molecule has 1 aliphatic heterocycles. The highest BCUT2D eigenvalue weighted by molar-refractivity contribution is 6.35. The minimum Gasteiger partial charge on any atom is -0.493 e. The van der Waals surface area contributed by atoms with E-state index in [0.717, 1.165) is 82.2 Å². The molecule has 0 spiro atoms. The van der Waals surface area contributed by atoms with E-state index in [1.807, 2.05) is 49.1 Å². The van der Waals surface area contributed by atoms with E-state index in [4.69, 9.17) is 30.9 Å². The van der Waals surface area contributed by atoms with Gasteiger partial charge in [-0.15, -0.1) is 0 Å². The predicted octanol–water partition coefficient (Wildman–Crippen LogP) is 7.25. The number of nitrogens with zero attached hydrogens (tertiary/aromatic N) is 3. The van der Waals surface area contributed by atoms with E-state index >= 15 is 0 Å². The van der Waals surface area contributed by atoms with Crippen LogP contribution in [-0.4, -0.2) is 78.7 Å². The zero-order valence-electron chi connectivity index (χ0n) is 28.7. The van der Waals surface area contributed by atoms with Gasteiger partial charge in [-0.2, -0.15) is 5.10 Å². The molecule has 1 atom stereocenters. The van der Waals surface area contributed by atoms with Gasteiger partial charge >= 0.3 is 5.97 Å². The van der Waals surface area contributed by atoms with Crippen LogP contribution >= 0.6 is 11.6 Å². The Morgan fingerprint density at radius 2 is 1.92 bits per heavy atom. The number of morpholine rings is 1. The summed E-state index contributed by atoms with van der Waals surface area (Å²) in [6, 6.07) is 14.3. The number of esters is 1. The number of H-pyrrole nitrogens is 1. The highest BCUT2D eigenvalue weighted by Gasteiger charge is 2.32. The summed E-state index contributed by atoms with van der Waals surface area (Å²) in [7, 11) is 3.96. The van der Waals surface area contributed by atoms with Crippen molar-refractivity contribution in [1.29, 1.82) is 0 Å². The Bertz CT molecular complexity index is 1930. The molecule has 1 fully saturated rings. The van der Waals surface area contributed by atoms with Crippen molar-refractivity contribution in [3.63, 3.8) is 0 Å². The molecule has 0 bridgehead atoms. The lowest BCUT2D eigenvalue weighted by Crippen LogP contribution is -2.40. The van der Waals surface area contributed by atoms with Crippen molar-refractivity contribution < 1.29 is 23.4 Å². The third kappa shape index (κ3) is 7.19. The molecule has 0 unspecified atom stereocenters. The molecular weight excluding hydrogens is 645 g/mol. The number of carbonyl (C=O) groups is 1. The maximum atomic E-state index is 13.8. The van der Waals surface area contributed by atoms with Crippen molar-refractivity contribution >= 4 is 39.2 Å². The van der Waals surface area contributed by atoms with E-state index in [2.05, 4.69) is 22.1 Å². The molecule has 6 rings (SSSR count). The normalized spacial score (nSPS) is 14.5.